The van der Waals surface area contributed by atoms with Gasteiger partial charge in [0.25, 0.3) is 0 Å². The Labute approximate surface area is 327 Å². The molecule has 8 aromatic rings. The fourth-order valence-electron chi connectivity index (χ4n) is 7.62. The van der Waals surface area contributed by atoms with Crippen LogP contribution in [-0.4, -0.2) is 0 Å². The number of halogens is 8. The maximum Gasteiger partial charge on any atom is 0.147 e. The van der Waals surface area contributed by atoms with Gasteiger partial charge < -0.3 is 9.13 Å². The Kier molecular flexibility index (Phi) is 10.2. The first-order valence-corrected chi connectivity index (χ1v) is 21.5. The molecule has 0 aliphatic carbocycles. The summed E-state index contributed by atoms with van der Waals surface area (Å²) in [6.07, 6.45) is -1.05. The van der Waals surface area contributed by atoms with E-state index in [1.807, 2.05) is 0 Å². The third kappa shape index (κ3) is 7.39. The van der Waals surface area contributed by atoms with Crippen molar-refractivity contribution in [1.29, 1.82) is 0 Å². The highest BCUT2D eigenvalue weighted by Gasteiger charge is 2.35. The summed E-state index contributed by atoms with van der Waals surface area (Å²) >= 11 is 0. The van der Waals surface area contributed by atoms with Crippen molar-refractivity contribution in [3.05, 3.63) is 203 Å². The van der Waals surface area contributed by atoms with Gasteiger partial charge in [-0.3, -0.25) is 0 Å². The van der Waals surface area contributed by atoms with E-state index in [-0.39, 0.29) is 32.3 Å². The van der Waals surface area contributed by atoms with Crippen molar-refractivity contribution >= 4 is 57.0 Å². The molecule has 0 unspecified atom stereocenters. The lowest BCUT2D eigenvalue weighted by molar-refractivity contribution is 0.574. The Morgan fingerprint density at radius 1 is 0.328 bits per heavy atom. The maximum absolute atomic E-state index is 15.5. The predicted molar refractivity (Wildman–Crippen MR) is 213 cm³/mol. The van der Waals surface area contributed by atoms with E-state index in [0.29, 0.717) is 56.9 Å². The van der Waals surface area contributed by atoms with Crippen LogP contribution in [0.5, 0.6) is 0 Å². The van der Waals surface area contributed by atoms with Gasteiger partial charge in [-0.25, -0.2) is 35.1 Å². The van der Waals surface area contributed by atoms with Crippen LogP contribution in [0.2, 0.25) is 0 Å². The third-order valence-corrected chi connectivity index (χ3v) is 16.1. The summed E-state index contributed by atoms with van der Waals surface area (Å²) in [4.78, 5) is 0. The van der Waals surface area contributed by atoms with Gasteiger partial charge in [-0.2, -0.15) is 0 Å². The molecule has 0 radical (unpaired) electrons. The summed E-state index contributed by atoms with van der Waals surface area (Å²) in [5, 5.41) is 1.07. The van der Waals surface area contributed by atoms with Crippen LogP contribution in [0.3, 0.4) is 0 Å². The van der Waals surface area contributed by atoms with Gasteiger partial charge in [-0.15, -0.1) is 0 Å². The van der Waals surface area contributed by atoms with Gasteiger partial charge in [-0.05, 0) is 92.3 Å². The number of fused-ring (bicyclic) bond motifs is 2. The molecule has 0 N–H and O–H groups in total. The van der Waals surface area contributed by atoms with Gasteiger partial charge in [0.2, 0.25) is 0 Å². The molecule has 0 aliphatic rings. The molecule has 0 saturated heterocycles. The van der Waals surface area contributed by atoms with E-state index < -0.39 is 73.1 Å². The van der Waals surface area contributed by atoms with Crippen LogP contribution in [0.25, 0.3) is 32.7 Å². The monoisotopic (exact) mass is 826 g/mol. The summed E-state index contributed by atoms with van der Waals surface area (Å²) in [6.45, 7) is 0. The van der Waals surface area contributed by atoms with Crippen molar-refractivity contribution in [3.63, 3.8) is 0 Å². The fourth-order valence-corrected chi connectivity index (χ4v) is 13.1. The van der Waals surface area contributed by atoms with E-state index >= 15 is 9.13 Å². The number of benzene rings is 8. The van der Waals surface area contributed by atoms with E-state index in [1.165, 1.54) is 0 Å². The van der Waals surface area contributed by atoms with Crippen molar-refractivity contribution in [2.24, 2.45) is 0 Å². The first-order valence-electron chi connectivity index (χ1n) is 17.8. The van der Waals surface area contributed by atoms with Crippen LogP contribution in [0.1, 0.15) is 11.1 Å². The van der Waals surface area contributed by atoms with E-state index in [1.54, 1.807) is 72.8 Å². The summed E-state index contributed by atoms with van der Waals surface area (Å²) in [6, 6.07) is 30.0. The van der Waals surface area contributed by atoms with Crippen LogP contribution >= 0.6 is 14.3 Å². The molecule has 0 heterocycles. The second-order valence-corrected chi connectivity index (χ2v) is 19.6. The highest BCUT2D eigenvalue weighted by atomic mass is 31.2. The Hall–Kier alpha value is -5.82. The minimum Gasteiger partial charge on any atom is -0.313 e. The number of hydrogen-bond acceptors (Lipinski definition) is 2. The Morgan fingerprint density at radius 2 is 0.586 bits per heavy atom. The van der Waals surface area contributed by atoms with Crippen LogP contribution in [0, 0.1) is 46.5 Å². The quantitative estimate of drug-likeness (QED) is 0.107. The fraction of sp³-hybridized carbons (Fsp3) is 0.0435. The lowest BCUT2D eigenvalue weighted by atomic mass is 9.88. The minimum atomic E-state index is -4.39. The van der Waals surface area contributed by atoms with Crippen molar-refractivity contribution in [3.8, 4) is 11.1 Å². The smallest absolute Gasteiger partial charge is 0.147 e. The molecule has 0 saturated carbocycles. The van der Waals surface area contributed by atoms with Crippen LogP contribution in [0.15, 0.2) is 146 Å². The molecule has 0 fully saturated rings. The molecular formula is C46H28F8O2P2. The zero-order valence-corrected chi connectivity index (χ0v) is 31.8. The van der Waals surface area contributed by atoms with Gasteiger partial charge >= 0.3 is 0 Å². The normalized spacial score (nSPS) is 12.1. The highest BCUT2D eigenvalue weighted by molar-refractivity contribution is 7.78. The highest BCUT2D eigenvalue weighted by Crippen LogP contribution is 2.54. The topological polar surface area (TPSA) is 34.1 Å². The molecule has 0 amide bonds. The molecule has 8 rings (SSSR count). The van der Waals surface area contributed by atoms with Gasteiger partial charge in [0.05, 0.1) is 0 Å². The summed E-state index contributed by atoms with van der Waals surface area (Å²) in [5.74, 6) is -8.55. The van der Waals surface area contributed by atoms with Crippen molar-refractivity contribution in [2.45, 2.75) is 12.3 Å². The standard InChI is InChI=1S/C46H28F8O2P2/c47-31-13-32(48)18-39(17-31)57(55,40-19-33(49)14-34(50)20-40)25-29-11-9-27-5-1-3-7-43(27)45(29)46-30(12-10-28-6-2-4-8-44(28)46)26-58(56,41-21-35(51)15-36(52)22-41)42-23-37(53)16-38(54)24-42/h1-24H,25-26H2. The zero-order chi connectivity index (χ0) is 40.9. The second-order valence-electron chi connectivity index (χ2n) is 13.9. The Balaban J connectivity index is 1.44. The molecule has 0 spiro atoms. The first-order chi connectivity index (χ1) is 27.7. The van der Waals surface area contributed by atoms with Gasteiger partial charge in [-0.1, -0.05) is 72.8 Å². The van der Waals surface area contributed by atoms with Gasteiger partial charge in [0.1, 0.15) is 60.8 Å². The molecule has 58 heavy (non-hydrogen) atoms. The summed E-state index contributed by atoms with van der Waals surface area (Å²) < 4.78 is 150. The molecule has 290 valence electrons. The Bertz CT molecular complexity index is 2640. The third-order valence-electron chi connectivity index (χ3n) is 10.1. The van der Waals surface area contributed by atoms with Crippen molar-refractivity contribution in [1.82, 2.24) is 0 Å². The van der Waals surface area contributed by atoms with E-state index in [2.05, 4.69) is 0 Å². The molecule has 0 bridgehead atoms. The molecule has 8 aromatic carbocycles. The predicted octanol–water partition coefficient (Wildman–Crippen LogP) is 11.8. The SMILES string of the molecule is O=P(Cc1ccc2ccccc2c1-c1c(CP(=O)(c2cc(F)cc(F)c2)c2cc(F)cc(F)c2)ccc2ccccc12)(c1cc(F)cc(F)c1)c1cc(F)cc(F)c1. The van der Waals surface area contributed by atoms with Gasteiger partial charge in [0.15, 0.2) is 0 Å². The molecule has 0 aromatic heterocycles. The van der Waals surface area contributed by atoms with Crippen LogP contribution in [0.4, 0.5) is 35.1 Å². The van der Waals surface area contributed by atoms with Crippen molar-refractivity contribution in [2.75, 3.05) is 0 Å². The average molecular weight is 827 g/mol. The number of hydrogen-bond donors (Lipinski definition) is 0. The summed E-state index contributed by atoms with van der Waals surface area (Å²) in [7, 11) is -8.79. The second kappa shape index (κ2) is 15.2. The first kappa shape index (κ1) is 39.0. The molecule has 12 heteroatoms. The van der Waals surface area contributed by atoms with Crippen molar-refractivity contribution < 1.29 is 44.3 Å². The average Bonchev–Trinajstić information content (AvgIpc) is 3.16. The van der Waals surface area contributed by atoms with E-state index in [9.17, 15) is 35.1 Å². The molecule has 0 aliphatic heterocycles. The molecule has 2 nitrogen and oxygen atoms in total. The summed E-state index contributed by atoms with van der Waals surface area (Å²) in [5.41, 5.74) is 1.36. The number of rotatable bonds is 9. The zero-order valence-electron chi connectivity index (χ0n) is 30.0. The molecule has 0 atom stereocenters. The van der Waals surface area contributed by atoms with Gasteiger partial charge in [0, 0.05) is 57.8 Å². The van der Waals surface area contributed by atoms with E-state index in [0.717, 1.165) is 48.5 Å². The lowest BCUT2D eigenvalue weighted by Gasteiger charge is -2.26. The molecular weight excluding hydrogens is 798 g/mol. The van der Waals surface area contributed by atoms with Crippen LogP contribution < -0.4 is 21.2 Å². The Morgan fingerprint density at radius 3 is 0.862 bits per heavy atom. The maximum atomic E-state index is 15.5. The minimum absolute atomic E-state index is 0.289. The largest absolute Gasteiger partial charge is 0.313 e. The van der Waals surface area contributed by atoms with E-state index in [4.69, 9.17) is 0 Å². The lowest BCUT2D eigenvalue weighted by Crippen LogP contribution is -2.21. The van der Waals surface area contributed by atoms with Crippen LogP contribution in [-0.2, 0) is 21.5 Å².